The number of benzene rings is 1. The lowest BCUT2D eigenvalue weighted by Gasteiger charge is -2.08. The molecule has 2 aromatic rings. The number of ether oxygens (including phenoxy) is 1. The van der Waals surface area contributed by atoms with Crippen LogP contribution in [0.1, 0.15) is 51.0 Å². The van der Waals surface area contributed by atoms with Gasteiger partial charge in [0.15, 0.2) is 18.2 Å². The Bertz CT molecular complexity index is 872. The molecule has 0 N–H and O–H groups in total. The van der Waals surface area contributed by atoms with Gasteiger partial charge >= 0.3 is 5.97 Å². The zero-order valence-corrected chi connectivity index (χ0v) is 14.5. The van der Waals surface area contributed by atoms with E-state index in [9.17, 15) is 18.4 Å². The maximum Gasteiger partial charge on any atom is 0.340 e. The molecular weight excluding hydrogens is 352 g/mol. The number of hydrogen-bond acceptors (Lipinski definition) is 3. The summed E-state index contributed by atoms with van der Waals surface area (Å²) < 4.78 is 33.3. The van der Waals surface area contributed by atoms with Crippen molar-refractivity contribution in [3.8, 4) is 0 Å². The Morgan fingerprint density at radius 1 is 1.16 bits per heavy atom. The summed E-state index contributed by atoms with van der Waals surface area (Å²) in [7, 11) is 0. The van der Waals surface area contributed by atoms with Crippen molar-refractivity contribution in [3.63, 3.8) is 0 Å². The molecule has 7 heteroatoms. The first kappa shape index (κ1) is 17.6. The van der Waals surface area contributed by atoms with Gasteiger partial charge in [0.2, 0.25) is 5.78 Å². The Morgan fingerprint density at radius 2 is 1.80 bits per heavy atom. The largest absolute Gasteiger partial charge is 0.454 e. The Labute approximate surface area is 148 Å². The summed E-state index contributed by atoms with van der Waals surface area (Å²) in [6.07, 6.45) is 2.18. The number of nitrogens with zero attached hydrogens (tertiary/aromatic N) is 1. The van der Waals surface area contributed by atoms with Gasteiger partial charge in [-0.1, -0.05) is 11.6 Å². The molecular formula is C18H16ClF2NO3. The fraction of sp³-hybridized carbons (Fsp3) is 0.333. The lowest BCUT2D eigenvalue weighted by atomic mass is 10.1. The number of aryl methyl sites for hydroxylation is 1. The first-order chi connectivity index (χ1) is 11.8. The third kappa shape index (κ3) is 3.44. The number of rotatable bonds is 5. The number of carbonyl (C=O) groups excluding carboxylic acids is 2. The zero-order chi connectivity index (χ0) is 18.3. The summed E-state index contributed by atoms with van der Waals surface area (Å²) in [5.74, 6) is -3.71. The molecule has 132 valence electrons. The van der Waals surface area contributed by atoms with Crippen molar-refractivity contribution in [1.29, 1.82) is 0 Å². The highest BCUT2D eigenvalue weighted by Crippen LogP contribution is 2.38. The van der Waals surface area contributed by atoms with Crippen molar-refractivity contribution in [3.05, 3.63) is 57.4 Å². The third-order valence-electron chi connectivity index (χ3n) is 4.26. The maximum absolute atomic E-state index is 13.3. The first-order valence-electron chi connectivity index (χ1n) is 7.83. The van der Waals surface area contributed by atoms with Crippen LogP contribution in [0, 0.1) is 25.5 Å². The number of hydrogen-bond donors (Lipinski definition) is 0. The molecule has 1 heterocycles. The van der Waals surface area contributed by atoms with Crippen molar-refractivity contribution in [2.75, 3.05) is 6.61 Å². The van der Waals surface area contributed by atoms with Gasteiger partial charge in [0.05, 0.1) is 10.6 Å². The molecule has 4 nitrogen and oxygen atoms in total. The van der Waals surface area contributed by atoms with Gasteiger partial charge in [0.1, 0.15) is 0 Å². The Morgan fingerprint density at radius 3 is 2.44 bits per heavy atom. The van der Waals surface area contributed by atoms with Crippen molar-refractivity contribution in [2.45, 2.75) is 32.7 Å². The average molecular weight is 368 g/mol. The summed E-state index contributed by atoms with van der Waals surface area (Å²) in [5, 5.41) is -0.275. The molecule has 0 radical (unpaired) electrons. The standard InChI is InChI=1S/C18H16ClF2NO3/c1-9-5-12(10(2)22(9)11-3-4-11)17(23)8-25-18(24)13-6-15(20)16(21)7-14(13)19/h5-7,11H,3-4,8H2,1-2H3. The minimum absolute atomic E-state index is 0.275. The Kier molecular flexibility index (Phi) is 4.64. The highest BCUT2D eigenvalue weighted by atomic mass is 35.5. The summed E-state index contributed by atoms with van der Waals surface area (Å²) in [6.45, 7) is 3.28. The van der Waals surface area contributed by atoms with Gasteiger partial charge in [-0.2, -0.15) is 0 Å². The van der Waals surface area contributed by atoms with Crippen molar-refractivity contribution in [1.82, 2.24) is 4.57 Å². The number of aromatic nitrogens is 1. The highest BCUT2D eigenvalue weighted by Gasteiger charge is 2.28. The van der Waals surface area contributed by atoms with Crippen LogP contribution in [0.5, 0.6) is 0 Å². The van der Waals surface area contributed by atoms with E-state index < -0.39 is 24.2 Å². The highest BCUT2D eigenvalue weighted by molar-refractivity contribution is 6.33. The maximum atomic E-state index is 13.3. The van der Waals surface area contributed by atoms with Crippen molar-refractivity contribution in [2.24, 2.45) is 0 Å². The molecule has 0 bridgehead atoms. The fourth-order valence-electron chi connectivity index (χ4n) is 2.92. The monoisotopic (exact) mass is 367 g/mol. The lowest BCUT2D eigenvalue weighted by molar-refractivity contribution is 0.0474. The first-order valence-corrected chi connectivity index (χ1v) is 8.20. The van der Waals surface area contributed by atoms with E-state index >= 15 is 0 Å². The van der Waals surface area contributed by atoms with E-state index in [0.29, 0.717) is 23.7 Å². The molecule has 1 fully saturated rings. The summed E-state index contributed by atoms with van der Waals surface area (Å²) in [4.78, 5) is 24.3. The van der Waals surface area contributed by atoms with Crippen LogP contribution in [0.25, 0.3) is 0 Å². The second-order valence-electron chi connectivity index (χ2n) is 6.13. The van der Waals surface area contributed by atoms with Crippen LogP contribution in [0.3, 0.4) is 0 Å². The van der Waals surface area contributed by atoms with Gasteiger partial charge in [-0.15, -0.1) is 0 Å². The molecule has 1 aliphatic carbocycles. The Balaban J connectivity index is 1.71. The normalized spacial score (nSPS) is 13.8. The number of esters is 1. The van der Waals surface area contributed by atoms with Crippen LogP contribution >= 0.6 is 11.6 Å². The molecule has 0 atom stereocenters. The summed E-state index contributed by atoms with van der Waals surface area (Å²) in [6, 6.07) is 3.56. The van der Waals surface area contributed by atoms with Gasteiger partial charge in [-0.3, -0.25) is 4.79 Å². The average Bonchev–Trinajstić information content (AvgIpc) is 3.33. The minimum Gasteiger partial charge on any atom is -0.454 e. The van der Waals surface area contributed by atoms with Gasteiger partial charge in [0.25, 0.3) is 0 Å². The molecule has 0 spiro atoms. The number of ketones is 1. The predicted molar refractivity (Wildman–Crippen MR) is 88.2 cm³/mol. The van der Waals surface area contributed by atoms with Crippen LogP contribution < -0.4 is 0 Å². The topological polar surface area (TPSA) is 48.3 Å². The van der Waals surface area contributed by atoms with E-state index in [2.05, 4.69) is 4.57 Å². The smallest absolute Gasteiger partial charge is 0.340 e. The zero-order valence-electron chi connectivity index (χ0n) is 13.7. The lowest BCUT2D eigenvalue weighted by Crippen LogP contribution is -2.15. The molecule has 0 amide bonds. The van der Waals surface area contributed by atoms with Crippen molar-refractivity contribution < 1.29 is 23.1 Å². The van der Waals surface area contributed by atoms with Crippen LogP contribution in [-0.2, 0) is 4.74 Å². The Hall–Kier alpha value is -2.21. The minimum atomic E-state index is -1.21. The van der Waals surface area contributed by atoms with Crippen LogP contribution in [0.15, 0.2) is 18.2 Å². The van der Waals surface area contributed by atoms with E-state index in [1.807, 2.05) is 13.8 Å². The molecule has 3 rings (SSSR count). The molecule has 1 aromatic heterocycles. The molecule has 25 heavy (non-hydrogen) atoms. The van der Waals surface area contributed by atoms with Gasteiger partial charge in [-0.25, -0.2) is 13.6 Å². The molecule has 1 aliphatic rings. The summed E-state index contributed by atoms with van der Waals surface area (Å²) in [5.41, 5.74) is 2.00. The second kappa shape index (κ2) is 6.59. The SMILES string of the molecule is Cc1cc(C(=O)COC(=O)c2cc(F)c(F)cc2Cl)c(C)n1C1CC1. The van der Waals surface area contributed by atoms with Gasteiger partial charge in [0, 0.05) is 23.0 Å². The summed E-state index contributed by atoms with van der Waals surface area (Å²) >= 11 is 5.72. The number of Topliss-reactive ketones (excluding diaryl/α,β-unsaturated/α-hetero) is 1. The number of halogens is 3. The van der Waals surface area contributed by atoms with E-state index in [1.54, 1.807) is 6.07 Å². The van der Waals surface area contributed by atoms with E-state index in [-0.39, 0.29) is 16.4 Å². The molecule has 0 unspecified atom stereocenters. The molecule has 1 saturated carbocycles. The number of carbonyl (C=O) groups is 2. The van der Waals surface area contributed by atoms with Crippen LogP contribution in [0.2, 0.25) is 5.02 Å². The third-order valence-corrected chi connectivity index (χ3v) is 4.57. The fourth-order valence-corrected chi connectivity index (χ4v) is 3.15. The van der Waals surface area contributed by atoms with Crippen LogP contribution in [0.4, 0.5) is 8.78 Å². The molecule has 0 aliphatic heterocycles. The van der Waals surface area contributed by atoms with Crippen LogP contribution in [-0.4, -0.2) is 22.9 Å². The quantitative estimate of drug-likeness (QED) is 0.447. The molecule has 0 saturated heterocycles. The van der Waals surface area contributed by atoms with Gasteiger partial charge < -0.3 is 9.30 Å². The van der Waals surface area contributed by atoms with E-state index in [4.69, 9.17) is 16.3 Å². The second-order valence-corrected chi connectivity index (χ2v) is 6.54. The molecule has 1 aromatic carbocycles. The van der Waals surface area contributed by atoms with Crippen molar-refractivity contribution >= 4 is 23.4 Å². The van der Waals surface area contributed by atoms with E-state index in [1.165, 1.54) is 0 Å². The van der Waals surface area contributed by atoms with E-state index in [0.717, 1.165) is 24.2 Å². The predicted octanol–water partition coefficient (Wildman–Crippen LogP) is 4.41. The van der Waals surface area contributed by atoms with Gasteiger partial charge in [-0.05, 0) is 44.9 Å².